The van der Waals surface area contributed by atoms with E-state index in [1.54, 1.807) is 24.3 Å². The summed E-state index contributed by atoms with van der Waals surface area (Å²) in [5, 5.41) is 6.57. The lowest BCUT2D eigenvalue weighted by atomic mass is 10.2. The average Bonchev–Trinajstić information content (AvgIpc) is 2.83. The zero-order chi connectivity index (χ0) is 13.2. The molecule has 6 heteroatoms. The molecule has 3 rings (SSSR count). The van der Waals surface area contributed by atoms with Crippen molar-refractivity contribution in [2.75, 3.05) is 26.2 Å². The lowest BCUT2D eigenvalue weighted by Gasteiger charge is -2.26. The van der Waals surface area contributed by atoms with Gasteiger partial charge in [-0.3, -0.25) is 10.2 Å². The van der Waals surface area contributed by atoms with Gasteiger partial charge in [-0.1, -0.05) is 11.6 Å². The molecule has 2 N–H and O–H groups in total. The molecule has 0 spiro atoms. The van der Waals surface area contributed by atoms with E-state index in [2.05, 4.69) is 10.7 Å². The van der Waals surface area contributed by atoms with E-state index in [1.807, 2.05) is 5.01 Å². The third-order valence-electron chi connectivity index (χ3n) is 3.08. The van der Waals surface area contributed by atoms with Crippen molar-refractivity contribution in [3.05, 3.63) is 35.0 Å². The predicted molar refractivity (Wildman–Crippen MR) is 73.1 cm³/mol. The lowest BCUT2D eigenvalue weighted by Crippen LogP contribution is -2.52. The number of hydrogen-bond acceptors (Lipinski definition) is 4. The quantitative estimate of drug-likeness (QED) is 0.877. The van der Waals surface area contributed by atoms with Gasteiger partial charge in [0.05, 0.1) is 0 Å². The number of halogens is 1. The van der Waals surface area contributed by atoms with Crippen LogP contribution in [0.2, 0.25) is 5.02 Å². The fourth-order valence-electron chi connectivity index (χ4n) is 2.10. The topological polar surface area (TPSA) is 57.5 Å². The van der Waals surface area contributed by atoms with Crippen molar-refractivity contribution in [3.63, 3.8) is 0 Å². The lowest BCUT2D eigenvalue weighted by molar-refractivity contribution is 0.0738. The number of nitrogens with zero attached hydrogens (tertiary/aromatic N) is 1. The number of fused-ring (bicyclic) bond motifs is 1. The van der Waals surface area contributed by atoms with Gasteiger partial charge in [0.1, 0.15) is 5.58 Å². The molecule has 2 heterocycles. The van der Waals surface area contributed by atoms with E-state index in [9.17, 15) is 4.79 Å². The highest BCUT2D eigenvalue weighted by Gasteiger charge is 2.17. The Morgan fingerprint density at radius 3 is 2.89 bits per heavy atom. The third kappa shape index (κ3) is 2.73. The maximum absolute atomic E-state index is 12.1. The second-order valence-corrected chi connectivity index (χ2v) is 4.91. The molecule has 0 radical (unpaired) electrons. The number of benzene rings is 1. The SMILES string of the molecule is O=C(NN1CCNCC1)c1cc2cc(Cl)ccc2o1. The van der Waals surface area contributed by atoms with Crippen LogP contribution in [0.25, 0.3) is 11.0 Å². The molecule has 1 aromatic heterocycles. The van der Waals surface area contributed by atoms with Crippen LogP contribution in [-0.4, -0.2) is 37.1 Å². The molecule has 1 amide bonds. The molecule has 0 unspecified atom stereocenters. The van der Waals surface area contributed by atoms with Gasteiger partial charge < -0.3 is 9.73 Å². The summed E-state index contributed by atoms with van der Waals surface area (Å²) in [4.78, 5) is 12.1. The van der Waals surface area contributed by atoms with E-state index >= 15 is 0 Å². The first-order valence-electron chi connectivity index (χ1n) is 6.18. The summed E-state index contributed by atoms with van der Waals surface area (Å²) in [6.45, 7) is 3.32. The first-order chi connectivity index (χ1) is 9.22. The Labute approximate surface area is 115 Å². The summed E-state index contributed by atoms with van der Waals surface area (Å²) in [6, 6.07) is 6.99. The van der Waals surface area contributed by atoms with Crippen LogP contribution in [0, 0.1) is 0 Å². The fraction of sp³-hybridized carbons (Fsp3) is 0.308. The molecule has 1 saturated heterocycles. The first kappa shape index (κ1) is 12.5. The second-order valence-electron chi connectivity index (χ2n) is 4.47. The molecule has 0 saturated carbocycles. The molecule has 100 valence electrons. The minimum absolute atomic E-state index is 0.228. The fourth-order valence-corrected chi connectivity index (χ4v) is 2.28. The molecule has 1 fully saturated rings. The van der Waals surface area contributed by atoms with Crippen molar-refractivity contribution in [1.29, 1.82) is 0 Å². The van der Waals surface area contributed by atoms with Crippen LogP contribution in [0.5, 0.6) is 0 Å². The second kappa shape index (κ2) is 5.21. The van der Waals surface area contributed by atoms with Gasteiger partial charge in [-0.2, -0.15) is 0 Å². The summed E-state index contributed by atoms with van der Waals surface area (Å²) >= 11 is 5.91. The summed E-state index contributed by atoms with van der Waals surface area (Å²) in [6.07, 6.45) is 0. The van der Waals surface area contributed by atoms with E-state index in [0.29, 0.717) is 16.4 Å². The van der Waals surface area contributed by atoms with Gasteiger partial charge >= 0.3 is 5.91 Å². The third-order valence-corrected chi connectivity index (χ3v) is 3.31. The smallest absolute Gasteiger partial charge is 0.301 e. The molecule has 1 aliphatic rings. The van der Waals surface area contributed by atoms with E-state index in [1.165, 1.54) is 0 Å². The summed E-state index contributed by atoms with van der Waals surface area (Å²) in [5.41, 5.74) is 3.50. The van der Waals surface area contributed by atoms with E-state index < -0.39 is 0 Å². The Morgan fingerprint density at radius 2 is 2.11 bits per heavy atom. The molecule has 19 heavy (non-hydrogen) atoms. The van der Waals surface area contributed by atoms with Crippen molar-refractivity contribution in [2.24, 2.45) is 0 Å². The molecule has 5 nitrogen and oxygen atoms in total. The molecule has 0 aliphatic carbocycles. The number of piperazine rings is 1. The summed E-state index contributed by atoms with van der Waals surface area (Å²) < 4.78 is 5.51. The zero-order valence-corrected chi connectivity index (χ0v) is 11.0. The molecule has 2 aromatic rings. The Hall–Kier alpha value is -1.56. The maximum Gasteiger partial charge on any atom is 0.301 e. The minimum atomic E-state index is -0.228. The number of rotatable bonds is 2. The largest absolute Gasteiger partial charge is 0.451 e. The molecular formula is C13H14ClN3O2. The van der Waals surface area contributed by atoms with Crippen molar-refractivity contribution >= 4 is 28.5 Å². The van der Waals surface area contributed by atoms with Crippen molar-refractivity contribution in [2.45, 2.75) is 0 Å². The standard InChI is InChI=1S/C13H14ClN3O2/c14-10-1-2-11-9(7-10)8-12(19-11)13(18)16-17-5-3-15-4-6-17/h1-2,7-8,15H,3-6H2,(H,16,18). The Bertz CT molecular complexity index is 605. The highest BCUT2D eigenvalue weighted by Crippen LogP contribution is 2.22. The predicted octanol–water partition coefficient (Wildman–Crippen LogP) is 1.64. The van der Waals surface area contributed by atoms with Gasteiger partial charge in [-0.15, -0.1) is 0 Å². The Balaban J connectivity index is 1.77. The van der Waals surface area contributed by atoms with Gasteiger partial charge in [0.2, 0.25) is 0 Å². The van der Waals surface area contributed by atoms with Crippen LogP contribution in [0.3, 0.4) is 0 Å². The summed E-state index contributed by atoms with van der Waals surface area (Å²) in [5.74, 6) is 0.0741. The number of hydrazine groups is 1. The maximum atomic E-state index is 12.1. The van der Waals surface area contributed by atoms with Gasteiger partial charge in [-0.25, -0.2) is 5.01 Å². The van der Waals surface area contributed by atoms with Gasteiger partial charge in [-0.05, 0) is 24.3 Å². The van der Waals surface area contributed by atoms with E-state index in [4.69, 9.17) is 16.0 Å². The molecular weight excluding hydrogens is 266 g/mol. The first-order valence-corrected chi connectivity index (χ1v) is 6.56. The average molecular weight is 280 g/mol. The summed E-state index contributed by atoms with van der Waals surface area (Å²) in [7, 11) is 0. The van der Waals surface area contributed by atoms with Crippen LogP contribution >= 0.6 is 11.6 Å². The number of carbonyl (C=O) groups is 1. The number of nitrogens with one attached hydrogen (secondary N) is 2. The van der Waals surface area contributed by atoms with Crippen LogP contribution in [0.1, 0.15) is 10.6 Å². The van der Waals surface area contributed by atoms with Crippen LogP contribution in [-0.2, 0) is 0 Å². The van der Waals surface area contributed by atoms with Crippen LogP contribution in [0.4, 0.5) is 0 Å². The monoisotopic (exact) mass is 279 g/mol. The number of hydrogen-bond donors (Lipinski definition) is 2. The normalized spacial score (nSPS) is 16.7. The van der Waals surface area contributed by atoms with Crippen LogP contribution < -0.4 is 10.7 Å². The van der Waals surface area contributed by atoms with Crippen molar-refractivity contribution < 1.29 is 9.21 Å². The minimum Gasteiger partial charge on any atom is -0.451 e. The van der Waals surface area contributed by atoms with Gasteiger partial charge in [0.25, 0.3) is 0 Å². The van der Waals surface area contributed by atoms with Gasteiger partial charge in [0.15, 0.2) is 5.76 Å². The molecule has 0 atom stereocenters. The number of amides is 1. The van der Waals surface area contributed by atoms with Crippen molar-refractivity contribution in [1.82, 2.24) is 15.8 Å². The molecule has 0 bridgehead atoms. The Kier molecular flexibility index (Phi) is 3.42. The zero-order valence-electron chi connectivity index (χ0n) is 10.3. The van der Waals surface area contributed by atoms with Crippen molar-refractivity contribution in [3.8, 4) is 0 Å². The number of furan rings is 1. The highest BCUT2D eigenvalue weighted by molar-refractivity contribution is 6.31. The van der Waals surface area contributed by atoms with Crippen LogP contribution in [0.15, 0.2) is 28.7 Å². The highest BCUT2D eigenvalue weighted by atomic mass is 35.5. The van der Waals surface area contributed by atoms with E-state index in [-0.39, 0.29) is 5.91 Å². The molecule has 1 aliphatic heterocycles. The Morgan fingerprint density at radius 1 is 1.32 bits per heavy atom. The van der Waals surface area contributed by atoms with Gasteiger partial charge in [0, 0.05) is 36.6 Å². The van der Waals surface area contributed by atoms with E-state index in [0.717, 1.165) is 31.6 Å². The number of carbonyl (C=O) groups excluding carboxylic acids is 1. The molecule has 1 aromatic carbocycles.